The molecule has 1 unspecified atom stereocenters. The van der Waals surface area contributed by atoms with E-state index < -0.39 is 0 Å². The summed E-state index contributed by atoms with van der Waals surface area (Å²) in [5.74, 6) is -0.0793. The third kappa shape index (κ3) is 2.31. The Morgan fingerprint density at radius 3 is 2.92 bits per heavy atom. The van der Waals surface area contributed by atoms with Crippen molar-refractivity contribution in [2.45, 2.75) is 33.2 Å². The summed E-state index contributed by atoms with van der Waals surface area (Å²) in [6, 6.07) is 0.204. The van der Waals surface area contributed by atoms with Gasteiger partial charge in [0.15, 0.2) is 0 Å². The first-order valence-electron chi connectivity index (χ1n) is 4.46. The number of nitrogens with one attached hydrogen (secondary N) is 2. The Labute approximate surface area is 77.7 Å². The standard InChI is InChI=1S/C9H15N3O/c1-4-7(3)11-9(13)8-6(2)5-10-12-8/h5,7H,4H2,1-3H3,(H,10,12)(H,11,13). The van der Waals surface area contributed by atoms with Crippen LogP contribution in [0.2, 0.25) is 0 Å². The zero-order valence-corrected chi connectivity index (χ0v) is 8.22. The van der Waals surface area contributed by atoms with Gasteiger partial charge in [-0.15, -0.1) is 0 Å². The molecule has 1 aromatic heterocycles. The molecule has 13 heavy (non-hydrogen) atoms. The average Bonchev–Trinajstić information content (AvgIpc) is 2.51. The average molecular weight is 181 g/mol. The molecule has 1 aromatic rings. The molecule has 0 bridgehead atoms. The lowest BCUT2D eigenvalue weighted by molar-refractivity contribution is 0.0933. The van der Waals surface area contributed by atoms with Crippen molar-refractivity contribution in [1.82, 2.24) is 15.5 Å². The maximum absolute atomic E-state index is 11.5. The molecule has 0 saturated carbocycles. The highest BCUT2D eigenvalue weighted by molar-refractivity contribution is 5.93. The van der Waals surface area contributed by atoms with E-state index >= 15 is 0 Å². The van der Waals surface area contributed by atoms with Crippen LogP contribution in [0.5, 0.6) is 0 Å². The van der Waals surface area contributed by atoms with E-state index in [1.807, 2.05) is 20.8 Å². The molecule has 0 fully saturated rings. The highest BCUT2D eigenvalue weighted by atomic mass is 16.2. The number of carbonyl (C=O) groups excluding carboxylic acids is 1. The number of nitrogens with zero attached hydrogens (tertiary/aromatic N) is 1. The maximum Gasteiger partial charge on any atom is 0.269 e. The predicted octanol–water partition coefficient (Wildman–Crippen LogP) is 1.25. The summed E-state index contributed by atoms with van der Waals surface area (Å²) in [4.78, 5) is 11.5. The van der Waals surface area contributed by atoms with Crippen LogP contribution in [0.3, 0.4) is 0 Å². The number of hydrogen-bond donors (Lipinski definition) is 2. The zero-order chi connectivity index (χ0) is 9.84. The molecule has 0 radical (unpaired) electrons. The number of H-pyrrole nitrogens is 1. The molecule has 72 valence electrons. The number of carbonyl (C=O) groups is 1. The van der Waals surface area contributed by atoms with E-state index in [0.29, 0.717) is 5.69 Å². The fourth-order valence-electron chi connectivity index (χ4n) is 0.974. The molecule has 1 rings (SSSR count). The molecule has 1 heterocycles. The fourth-order valence-corrected chi connectivity index (χ4v) is 0.974. The summed E-state index contributed by atoms with van der Waals surface area (Å²) in [6.45, 7) is 5.86. The van der Waals surface area contributed by atoms with Gasteiger partial charge in [-0.1, -0.05) is 6.92 Å². The molecule has 0 saturated heterocycles. The quantitative estimate of drug-likeness (QED) is 0.737. The number of aromatic nitrogens is 2. The van der Waals surface area contributed by atoms with Crippen molar-refractivity contribution in [3.05, 3.63) is 17.5 Å². The number of aryl methyl sites for hydroxylation is 1. The monoisotopic (exact) mass is 181 g/mol. The van der Waals surface area contributed by atoms with Crippen LogP contribution in [0, 0.1) is 6.92 Å². The van der Waals surface area contributed by atoms with Gasteiger partial charge in [-0.05, 0) is 25.8 Å². The fraction of sp³-hybridized carbons (Fsp3) is 0.556. The van der Waals surface area contributed by atoms with Gasteiger partial charge >= 0.3 is 0 Å². The van der Waals surface area contributed by atoms with E-state index in [-0.39, 0.29) is 11.9 Å². The minimum atomic E-state index is -0.0793. The largest absolute Gasteiger partial charge is 0.348 e. The maximum atomic E-state index is 11.5. The van der Waals surface area contributed by atoms with Gasteiger partial charge in [0.25, 0.3) is 5.91 Å². The van der Waals surface area contributed by atoms with Crippen LogP contribution in [-0.4, -0.2) is 22.1 Å². The molecule has 1 atom stereocenters. The minimum Gasteiger partial charge on any atom is -0.348 e. The molecule has 4 nitrogen and oxygen atoms in total. The second kappa shape index (κ2) is 4.07. The highest BCUT2D eigenvalue weighted by Gasteiger charge is 2.11. The van der Waals surface area contributed by atoms with E-state index in [4.69, 9.17) is 0 Å². The summed E-state index contributed by atoms with van der Waals surface area (Å²) in [5, 5.41) is 9.33. The summed E-state index contributed by atoms with van der Waals surface area (Å²) in [5.41, 5.74) is 1.43. The van der Waals surface area contributed by atoms with E-state index in [0.717, 1.165) is 12.0 Å². The Bertz CT molecular complexity index is 293. The molecule has 0 aliphatic heterocycles. The number of aromatic amines is 1. The van der Waals surface area contributed by atoms with Gasteiger partial charge < -0.3 is 5.32 Å². The molecule has 0 aromatic carbocycles. The second-order valence-electron chi connectivity index (χ2n) is 3.21. The van der Waals surface area contributed by atoms with Gasteiger partial charge in [0.05, 0.1) is 6.20 Å². The van der Waals surface area contributed by atoms with Gasteiger partial charge in [0.2, 0.25) is 0 Å². The summed E-state index contributed by atoms with van der Waals surface area (Å²) < 4.78 is 0. The van der Waals surface area contributed by atoms with Gasteiger partial charge in [-0.3, -0.25) is 9.89 Å². The molecular formula is C9H15N3O. The summed E-state index contributed by atoms with van der Waals surface area (Å²) in [7, 11) is 0. The Morgan fingerprint density at radius 1 is 1.77 bits per heavy atom. The van der Waals surface area contributed by atoms with Crippen LogP contribution in [0.15, 0.2) is 6.20 Å². The lowest BCUT2D eigenvalue weighted by atomic mass is 10.2. The lowest BCUT2D eigenvalue weighted by Crippen LogP contribution is -2.32. The summed E-state index contributed by atoms with van der Waals surface area (Å²) >= 11 is 0. The first-order valence-corrected chi connectivity index (χ1v) is 4.46. The Hall–Kier alpha value is -1.32. The van der Waals surface area contributed by atoms with E-state index in [2.05, 4.69) is 15.5 Å². The molecular weight excluding hydrogens is 166 g/mol. The highest BCUT2D eigenvalue weighted by Crippen LogP contribution is 2.02. The van der Waals surface area contributed by atoms with Crippen molar-refractivity contribution in [1.29, 1.82) is 0 Å². The van der Waals surface area contributed by atoms with Crippen molar-refractivity contribution in [2.24, 2.45) is 0 Å². The third-order valence-corrected chi connectivity index (χ3v) is 2.05. The van der Waals surface area contributed by atoms with E-state index in [1.54, 1.807) is 6.20 Å². The van der Waals surface area contributed by atoms with Gasteiger partial charge in [0.1, 0.15) is 5.69 Å². The Morgan fingerprint density at radius 2 is 2.46 bits per heavy atom. The summed E-state index contributed by atoms with van der Waals surface area (Å²) in [6.07, 6.45) is 2.57. The Kier molecular flexibility index (Phi) is 3.06. The van der Waals surface area contributed by atoms with Crippen LogP contribution in [0.1, 0.15) is 36.3 Å². The van der Waals surface area contributed by atoms with Crippen molar-refractivity contribution in [3.8, 4) is 0 Å². The first-order chi connectivity index (χ1) is 6.15. The predicted molar refractivity (Wildman–Crippen MR) is 50.5 cm³/mol. The van der Waals surface area contributed by atoms with Crippen LogP contribution in [0.25, 0.3) is 0 Å². The molecule has 0 aliphatic carbocycles. The second-order valence-corrected chi connectivity index (χ2v) is 3.21. The van der Waals surface area contributed by atoms with Crippen molar-refractivity contribution < 1.29 is 4.79 Å². The van der Waals surface area contributed by atoms with Crippen molar-refractivity contribution in [2.75, 3.05) is 0 Å². The number of hydrogen-bond acceptors (Lipinski definition) is 2. The number of amides is 1. The van der Waals surface area contributed by atoms with Gasteiger partial charge in [-0.25, -0.2) is 0 Å². The van der Waals surface area contributed by atoms with Gasteiger partial charge in [-0.2, -0.15) is 5.10 Å². The zero-order valence-electron chi connectivity index (χ0n) is 8.22. The molecule has 0 spiro atoms. The first kappa shape index (κ1) is 9.77. The molecule has 1 amide bonds. The van der Waals surface area contributed by atoms with E-state index in [1.165, 1.54) is 0 Å². The SMILES string of the molecule is CCC(C)NC(=O)c1[nH]ncc1C. The lowest BCUT2D eigenvalue weighted by Gasteiger charge is -2.10. The topological polar surface area (TPSA) is 57.8 Å². The van der Waals surface area contributed by atoms with Gasteiger partial charge in [0, 0.05) is 6.04 Å². The number of rotatable bonds is 3. The normalized spacial score (nSPS) is 12.5. The molecule has 2 N–H and O–H groups in total. The smallest absolute Gasteiger partial charge is 0.269 e. The third-order valence-electron chi connectivity index (χ3n) is 2.05. The van der Waals surface area contributed by atoms with Crippen molar-refractivity contribution >= 4 is 5.91 Å². The van der Waals surface area contributed by atoms with Crippen LogP contribution >= 0.6 is 0 Å². The van der Waals surface area contributed by atoms with Crippen LogP contribution in [-0.2, 0) is 0 Å². The van der Waals surface area contributed by atoms with Crippen LogP contribution < -0.4 is 5.32 Å². The van der Waals surface area contributed by atoms with Crippen LogP contribution in [0.4, 0.5) is 0 Å². The van der Waals surface area contributed by atoms with E-state index in [9.17, 15) is 4.79 Å². The Balaban J connectivity index is 2.64. The van der Waals surface area contributed by atoms with Crippen molar-refractivity contribution in [3.63, 3.8) is 0 Å². The minimum absolute atomic E-state index is 0.0793. The molecule has 0 aliphatic rings. The molecule has 4 heteroatoms.